The highest BCUT2D eigenvalue weighted by Gasteiger charge is 2.44. The van der Waals surface area contributed by atoms with Crippen molar-refractivity contribution < 1.29 is 18.9 Å². The Bertz CT molecular complexity index is 638. The van der Waals surface area contributed by atoms with Crippen LogP contribution in [-0.2, 0) is 18.9 Å². The molecule has 4 nitrogen and oxygen atoms in total. The second-order valence-corrected chi connectivity index (χ2v) is 6.18. The molecule has 0 spiro atoms. The number of rotatable bonds is 3. The van der Waals surface area contributed by atoms with Gasteiger partial charge in [-0.05, 0) is 6.42 Å². The maximum Gasteiger partial charge on any atom is 0.184 e. The molecule has 5 atom stereocenters. The zero-order chi connectivity index (χ0) is 18.4. The van der Waals surface area contributed by atoms with Gasteiger partial charge in [-0.15, -0.1) is 0 Å². The van der Waals surface area contributed by atoms with Gasteiger partial charge in [0.1, 0.15) is 12.2 Å². The van der Waals surface area contributed by atoms with Crippen molar-refractivity contribution in [1.29, 1.82) is 0 Å². The van der Waals surface area contributed by atoms with Crippen molar-refractivity contribution in [1.82, 2.24) is 0 Å². The van der Waals surface area contributed by atoms with Gasteiger partial charge in [-0.3, -0.25) is 0 Å². The number of hydrogen-bond donors (Lipinski definition) is 0. The van der Waals surface area contributed by atoms with Crippen LogP contribution in [0, 0.1) is 0 Å². The first-order chi connectivity index (χ1) is 12.8. The summed E-state index contributed by atoms with van der Waals surface area (Å²) in [7, 11) is 0. The highest BCUT2D eigenvalue weighted by Crippen LogP contribution is 2.38. The maximum absolute atomic E-state index is 6.19. The van der Waals surface area contributed by atoms with E-state index in [0.717, 1.165) is 17.5 Å². The summed E-state index contributed by atoms with van der Waals surface area (Å²) in [5.41, 5.74) is 2.05. The lowest BCUT2D eigenvalue weighted by Crippen LogP contribution is -2.53. The van der Waals surface area contributed by atoms with Gasteiger partial charge in [0, 0.05) is 11.1 Å². The standard InChI is InChI=1S/C20H22O4.C2H6/c1-2-16-18-17(23-20(22-16)15-11-7-4-8-12-15)13-21-19(24-18)14-9-5-3-6-10-14;1-2/h3-12,16-20H,2,13H2,1H3;1-2H3/t16-,17?,18?,19?,20?;/m1./s1. The second-order valence-electron chi connectivity index (χ2n) is 6.18. The van der Waals surface area contributed by atoms with E-state index >= 15 is 0 Å². The van der Waals surface area contributed by atoms with E-state index in [1.54, 1.807) is 0 Å². The Balaban J connectivity index is 0.000000948. The van der Waals surface area contributed by atoms with Crippen LogP contribution in [0.15, 0.2) is 60.7 Å². The molecule has 0 N–H and O–H groups in total. The van der Waals surface area contributed by atoms with Crippen molar-refractivity contribution in [3.8, 4) is 0 Å². The van der Waals surface area contributed by atoms with E-state index in [1.165, 1.54) is 0 Å². The van der Waals surface area contributed by atoms with E-state index in [4.69, 9.17) is 18.9 Å². The molecule has 2 heterocycles. The Morgan fingerprint density at radius 1 is 0.769 bits per heavy atom. The Hall–Kier alpha value is -1.72. The summed E-state index contributed by atoms with van der Waals surface area (Å²) in [6, 6.07) is 20.0. The van der Waals surface area contributed by atoms with E-state index in [1.807, 2.05) is 74.5 Å². The normalized spacial score (nSPS) is 30.7. The minimum Gasteiger partial charge on any atom is -0.346 e. The van der Waals surface area contributed by atoms with E-state index < -0.39 is 0 Å². The second kappa shape index (κ2) is 9.28. The molecule has 4 rings (SSSR count). The van der Waals surface area contributed by atoms with Crippen LogP contribution in [-0.4, -0.2) is 24.9 Å². The fourth-order valence-corrected chi connectivity index (χ4v) is 3.30. The summed E-state index contributed by atoms with van der Waals surface area (Å²) in [5.74, 6) is 0. The molecule has 2 fully saturated rings. The maximum atomic E-state index is 6.19. The topological polar surface area (TPSA) is 36.9 Å². The molecule has 4 heteroatoms. The Kier molecular flexibility index (Phi) is 6.80. The van der Waals surface area contributed by atoms with E-state index in [2.05, 4.69) is 6.92 Å². The van der Waals surface area contributed by atoms with E-state index in [0.29, 0.717) is 6.61 Å². The van der Waals surface area contributed by atoms with Crippen LogP contribution >= 0.6 is 0 Å². The Morgan fingerprint density at radius 2 is 1.35 bits per heavy atom. The summed E-state index contributed by atoms with van der Waals surface area (Å²) >= 11 is 0. The van der Waals surface area contributed by atoms with Crippen molar-refractivity contribution in [3.05, 3.63) is 71.8 Å². The first-order valence-corrected chi connectivity index (χ1v) is 9.53. The zero-order valence-electron chi connectivity index (χ0n) is 15.7. The average Bonchev–Trinajstić information content (AvgIpc) is 2.75. The predicted octanol–water partition coefficient (Wildman–Crippen LogP) is 5.02. The summed E-state index contributed by atoms with van der Waals surface area (Å²) in [4.78, 5) is 0. The lowest BCUT2D eigenvalue weighted by Gasteiger charge is -2.46. The quantitative estimate of drug-likeness (QED) is 0.774. The molecule has 2 aromatic carbocycles. The molecule has 140 valence electrons. The van der Waals surface area contributed by atoms with Gasteiger partial charge in [-0.2, -0.15) is 0 Å². The van der Waals surface area contributed by atoms with E-state index in [-0.39, 0.29) is 30.9 Å². The zero-order valence-corrected chi connectivity index (χ0v) is 15.7. The molecule has 0 radical (unpaired) electrons. The molecule has 0 aliphatic carbocycles. The molecule has 2 aliphatic heterocycles. The van der Waals surface area contributed by atoms with Gasteiger partial charge in [0.15, 0.2) is 12.6 Å². The van der Waals surface area contributed by atoms with Gasteiger partial charge >= 0.3 is 0 Å². The SMILES string of the molecule is CC.CC[C@H]1OC(c2ccccc2)OC2COC(c3ccccc3)OC21. The monoisotopic (exact) mass is 356 g/mol. The highest BCUT2D eigenvalue weighted by molar-refractivity contribution is 5.18. The minimum absolute atomic E-state index is 0.0101. The average molecular weight is 356 g/mol. The predicted molar refractivity (Wildman–Crippen MR) is 101 cm³/mol. The first kappa shape index (κ1) is 19.1. The lowest BCUT2D eigenvalue weighted by molar-refractivity contribution is -0.363. The van der Waals surface area contributed by atoms with Gasteiger partial charge in [0.25, 0.3) is 0 Å². The summed E-state index contributed by atoms with van der Waals surface area (Å²) < 4.78 is 24.4. The van der Waals surface area contributed by atoms with Crippen LogP contribution in [0.4, 0.5) is 0 Å². The molecule has 0 amide bonds. The molecule has 2 aliphatic rings. The summed E-state index contributed by atoms with van der Waals surface area (Å²) in [6.07, 6.45) is -0.0956. The first-order valence-electron chi connectivity index (χ1n) is 9.53. The van der Waals surface area contributed by atoms with Crippen LogP contribution in [0.25, 0.3) is 0 Å². The van der Waals surface area contributed by atoms with Gasteiger partial charge in [0.05, 0.1) is 12.7 Å². The number of hydrogen-bond acceptors (Lipinski definition) is 4. The lowest BCUT2D eigenvalue weighted by atomic mass is 10.0. The van der Waals surface area contributed by atoms with Crippen LogP contribution in [0.2, 0.25) is 0 Å². The summed E-state index contributed by atoms with van der Waals surface area (Å²) in [6.45, 7) is 6.62. The van der Waals surface area contributed by atoms with Crippen molar-refractivity contribution in [2.24, 2.45) is 0 Å². The number of benzene rings is 2. The largest absolute Gasteiger partial charge is 0.346 e. The van der Waals surface area contributed by atoms with Crippen LogP contribution in [0.1, 0.15) is 50.9 Å². The van der Waals surface area contributed by atoms with Crippen molar-refractivity contribution in [2.45, 2.75) is 58.1 Å². The van der Waals surface area contributed by atoms with Gasteiger partial charge < -0.3 is 18.9 Å². The molecular formula is C22H28O4. The molecule has 26 heavy (non-hydrogen) atoms. The molecular weight excluding hydrogens is 328 g/mol. The Labute approximate surface area is 156 Å². The van der Waals surface area contributed by atoms with Crippen molar-refractivity contribution >= 4 is 0 Å². The summed E-state index contributed by atoms with van der Waals surface area (Å²) in [5, 5.41) is 0. The van der Waals surface area contributed by atoms with Crippen molar-refractivity contribution in [3.63, 3.8) is 0 Å². The third-order valence-corrected chi connectivity index (χ3v) is 4.57. The highest BCUT2D eigenvalue weighted by atomic mass is 16.8. The molecule has 0 bridgehead atoms. The number of fused-ring (bicyclic) bond motifs is 1. The third-order valence-electron chi connectivity index (χ3n) is 4.57. The Morgan fingerprint density at radius 3 is 1.92 bits per heavy atom. The van der Waals surface area contributed by atoms with E-state index in [9.17, 15) is 0 Å². The van der Waals surface area contributed by atoms with Gasteiger partial charge in [-0.1, -0.05) is 81.4 Å². The molecule has 2 aromatic rings. The van der Waals surface area contributed by atoms with Crippen LogP contribution in [0.5, 0.6) is 0 Å². The van der Waals surface area contributed by atoms with Crippen LogP contribution < -0.4 is 0 Å². The molecule has 4 unspecified atom stereocenters. The minimum atomic E-state index is -0.363. The van der Waals surface area contributed by atoms with Crippen LogP contribution in [0.3, 0.4) is 0 Å². The van der Waals surface area contributed by atoms with Gasteiger partial charge in [0.2, 0.25) is 0 Å². The smallest absolute Gasteiger partial charge is 0.184 e. The molecule has 0 saturated carbocycles. The molecule has 2 saturated heterocycles. The number of ether oxygens (including phenoxy) is 4. The van der Waals surface area contributed by atoms with Crippen molar-refractivity contribution in [2.75, 3.05) is 6.61 Å². The van der Waals surface area contributed by atoms with Gasteiger partial charge in [-0.25, -0.2) is 0 Å². The third kappa shape index (κ3) is 4.15. The fourth-order valence-electron chi connectivity index (χ4n) is 3.30. The molecule has 0 aromatic heterocycles. The fraction of sp³-hybridized carbons (Fsp3) is 0.455.